The average Bonchev–Trinajstić information content (AvgIpc) is 2.63. The first kappa shape index (κ1) is 17.4. The minimum absolute atomic E-state index is 0.247. The lowest BCUT2D eigenvalue weighted by molar-refractivity contribution is -0.123. The highest BCUT2D eigenvalue weighted by Crippen LogP contribution is 2.14. The molecule has 3 rings (SSSR count). The number of hydrogen-bond donors (Lipinski definition) is 1. The number of ether oxygens (including phenoxy) is 1. The van der Waals surface area contributed by atoms with Crippen LogP contribution in [0.2, 0.25) is 0 Å². The summed E-state index contributed by atoms with van der Waals surface area (Å²) in [6, 6.07) is 14.9. The summed E-state index contributed by atoms with van der Waals surface area (Å²) in [4.78, 5) is 36.4. The molecule has 0 fully saturated rings. The van der Waals surface area contributed by atoms with Gasteiger partial charge in [0.15, 0.2) is 11.5 Å². The molecule has 26 heavy (non-hydrogen) atoms. The van der Waals surface area contributed by atoms with Gasteiger partial charge < -0.3 is 14.5 Å². The second-order valence-electron chi connectivity index (χ2n) is 5.87. The molecule has 1 heterocycles. The number of anilines is 1. The van der Waals surface area contributed by atoms with Crippen molar-refractivity contribution in [3.8, 4) is 0 Å². The molecule has 0 aliphatic rings. The molecule has 132 valence electrons. The summed E-state index contributed by atoms with van der Waals surface area (Å²) in [5.41, 5.74) is 1.59. The molecule has 6 heteroatoms. The van der Waals surface area contributed by atoms with Crippen LogP contribution in [0.3, 0.4) is 0 Å². The second-order valence-corrected chi connectivity index (χ2v) is 5.87. The third kappa shape index (κ3) is 3.80. The Bertz CT molecular complexity index is 1020. The Morgan fingerprint density at radius 1 is 1.08 bits per heavy atom. The van der Waals surface area contributed by atoms with Crippen LogP contribution in [0.5, 0.6) is 0 Å². The van der Waals surface area contributed by atoms with E-state index in [4.69, 9.17) is 9.15 Å². The Morgan fingerprint density at radius 3 is 2.50 bits per heavy atom. The largest absolute Gasteiger partial charge is 0.449 e. The normalized spacial score (nSPS) is 11.8. The van der Waals surface area contributed by atoms with Gasteiger partial charge in [-0.25, -0.2) is 4.79 Å². The summed E-state index contributed by atoms with van der Waals surface area (Å²) in [5, 5.41) is 3.03. The van der Waals surface area contributed by atoms with E-state index in [1.807, 2.05) is 19.1 Å². The summed E-state index contributed by atoms with van der Waals surface area (Å²) in [5.74, 6) is -1.60. The SMILES string of the molecule is Cc1ccc(NC(=O)[C@H](C)OC(=O)c2cc(=O)c3ccccc3o2)cc1. The second kappa shape index (κ2) is 7.23. The van der Waals surface area contributed by atoms with Crippen molar-refractivity contribution < 1.29 is 18.7 Å². The van der Waals surface area contributed by atoms with E-state index in [-0.39, 0.29) is 16.8 Å². The van der Waals surface area contributed by atoms with Crippen LogP contribution in [0, 0.1) is 6.92 Å². The van der Waals surface area contributed by atoms with Crippen molar-refractivity contribution in [3.63, 3.8) is 0 Å². The van der Waals surface area contributed by atoms with E-state index in [2.05, 4.69) is 5.32 Å². The summed E-state index contributed by atoms with van der Waals surface area (Å²) in [6.07, 6.45) is -1.06. The molecule has 0 spiro atoms. The van der Waals surface area contributed by atoms with Crippen molar-refractivity contribution in [2.75, 3.05) is 5.32 Å². The number of nitrogens with one attached hydrogen (secondary N) is 1. The molecule has 1 aromatic heterocycles. The van der Waals surface area contributed by atoms with Crippen molar-refractivity contribution in [3.05, 3.63) is 76.1 Å². The minimum atomic E-state index is -1.06. The molecule has 0 radical (unpaired) electrons. The number of carbonyl (C=O) groups excluding carboxylic acids is 2. The van der Waals surface area contributed by atoms with Gasteiger partial charge in [0.05, 0.1) is 5.39 Å². The van der Waals surface area contributed by atoms with Gasteiger partial charge in [-0.05, 0) is 38.1 Å². The van der Waals surface area contributed by atoms with Crippen LogP contribution in [0.25, 0.3) is 11.0 Å². The zero-order valence-electron chi connectivity index (χ0n) is 14.3. The van der Waals surface area contributed by atoms with Crippen LogP contribution in [-0.4, -0.2) is 18.0 Å². The van der Waals surface area contributed by atoms with Crippen LogP contribution in [0.4, 0.5) is 5.69 Å². The molecule has 0 bridgehead atoms. The van der Waals surface area contributed by atoms with Gasteiger partial charge in [-0.3, -0.25) is 9.59 Å². The van der Waals surface area contributed by atoms with E-state index in [0.29, 0.717) is 11.1 Å². The molecular weight excluding hydrogens is 334 g/mol. The van der Waals surface area contributed by atoms with Crippen LogP contribution in [0.1, 0.15) is 23.0 Å². The van der Waals surface area contributed by atoms with Crippen molar-refractivity contribution in [2.24, 2.45) is 0 Å². The molecule has 0 aliphatic carbocycles. The van der Waals surface area contributed by atoms with Crippen molar-refractivity contribution in [1.29, 1.82) is 0 Å². The topological polar surface area (TPSA) is 85.6 Å². The highest BCUT2D eigenvalue weighted by molar-refractivity contribution is 5.97. The average molecular weight is 351 g/mol. The van der Waals surface area contributed by atoms with Crippen molar-refractivity contribution in [1.82, 2.24) is 0 Å². The fourth-order valence-electron chi connectivity index (χ4n) is 2.36. The summed E-state index contributed by atoms with van der Waals surface area (Å²) in [7, 11) is 0. The number of amides is 1. The van der Waals surface area contributed by atoms with E-state index in [1.165, 1.54) is 6.92 Å². The zero-order chi connectivity index (χ0) is 18.7. The Morgan fingerprint density at radius 2 is 1.77 bits per heavy atom. The van der Waals surface area contributed by atoms with Crippen molar-refractivity contribution >= 4 is 28.5 Å². The quantitative estimate of drug-likeness (QED) is 0.729. The number of benzene rings is 2. The minimum Gasteiger partial charge on any atom is -0.449 e. The fourth-order valence-corrected chi connectivity index (χ4v) is 2.36. The van der Waals surface area contributed by atoms with Gasteiger partial charge in [0.1, 0.15) is 5.58 Å². The molecule has 1 amide bonds. The first-order valence-electron chi connectivity index (χ1n) is 8.05. The molecule has 0 saturated heterocycles. The third-order valence-electron chi connectivity index (χ3n) is 3.81. The number of esters is 1. The Labute approximate surface area is 149 Å². The molecule has 3 aromatic rings. The molecule has 6 nitrogen and oxygen atoms in total. The molecule has 0 unspecified atom stereocenters. The van der Waals surface area contributed by atoms with Crippen molar-refractivity contribution in [2.45, 2.75) is 20.0 Å². The number of para-hydroxylation sites is 1. The van der Waals surface area contributed by atoms with Crippen LogP contribution in [-0.2, 0) is 9.53 Å². The standard InChI is InChI=1S/C20H17NO5/c1-12-7-9-14(10-8-12)21-19(23)13(2)25-20(24)18-11-16(22)15-5-3-4-6-17(15)26-18/h3-11,13H,1-2H3,(H,21,23)/t13-/m0/s1. The lowest BCUT2D eigenvalue weighted by Gasteiger charge is -2.13. The van der Waals surface area contributed by atoms with Gasteiger partial charge >= 0.3 is 5.97 Å². The first-order chi connectivity index (χ1) is 12.4. The maximum Gasteiger partial charge on any atom is 0.375 e. The zero-order valence-corrected chi connectivity index (χ0v) is 14.3. The summed E-state index contributed by atoms with van der Waals surface area (Å²) in [6.45, 7) is 3.38. The maximum absolute atomic E-state index is 12.2. The monoisotopic (exact) mass is 351 g/mol. The van der Waals surface area contributed by atoms with Crippen LogP contribution < -0.4 is 10.7 Å². The first-order valence-corrected chi connectivity index (χ1v) is 8.05. The van der Waals surface area contributed by atoms with Gasteiger partial charge in [-0.15, -0.1) is 0 Å². The van der Waals surface area contributed by atoms with E-state index >= 15 is 0 Å². The van der Waals surface area contributed by atoms with Gasteiger partial charge in [-0.2, -0.15) is 0 Å². The lowest BCUT2D eigenvalue weighted by atomic mass is 10.2. The van der Waals surface area contributed by atoms with E-state index in [1.54, 1.807) is 36.4 Å². The molecule has 0 saturated carbocycles. The number of fused-ring (bicyclic) bond motifs is 1. The molecule has 1 atom stereocenters. The maximum atomic E-state index is 12.2. The van der Waals surface area contributed by atoms with Gasteiger partial charge in [0.2, 0.25) is 5.76 Å². The van der Waals surface area contributed by atoms with Gasteiger partial charge in [0, 0.05) is 11.8 Å². The van der Waals surface area contributed by atoms with Crippen LogP contribution >= 0.6 is 0 Å². The van der Waals surface area contributed by atoms with Crippen LogP contribution in [0.15, 0.2) is 63.8 Å². The van der Waals surface area contributed by atoms with E-state index in [0.717, 1.165) is 11.6 Å². The number of carbonyl (C=O) groups is 2. The summed E-state index contributed by atoms with van der Waals surface area (Å²) < 4.78 is 10.5. The molecule has 1 N–H and O–H groups in total. The fraction of sp³-hybridized carbons (Fsp3) is 0.150. The lowest BCUT2D eigenvalue weighted by Crippen LogP contribution is -2.30. The predicted molar refractivity (Wildman–Crippen MR) is 97.2 cm³/mol. The Balaban J connectivity index is 1.71. The van der Waals surface area contributed by atoms with E-state index in [9.17, 15) is 14.4 Å². The Hall–Kier alpha value is -3.41. The smallest absolute Gasteiger partial charge is 0.375 e. The molecule has 0 aliphatic heterocycles. The van der Waals surface area contributed by atoms with Gasteiger partial charge in [0.25, 0.3) is 5.91 Å². The number of hydrogen-bond acceptors (Lipinski definition) is 5. The number of rotatable bonds is 4. The Kier molecular flexibility index (Phi) is 4.84. The highest BCUT2D eigenvalue weighted by Gasteiger charge is 2.21. The predicted octanol–water partition coefficient (Wildman–Crippen LogP) is 3.29. The van der Waals surface area contributed by atoms with Gasteiger partial charge in [-0.1, -0.05) is 29.8 Å². The third-order valence-corrected chi connectivity index (χ3v) is 3.81. The summed E-state index contributed by atoms with van der Waals surface area (Å²) >= 11 is 0. The van der Waals surface area contributed by atoms with E-state index < -0.39 is 18.0 Å². The molecular formula is C20H17NO5. The highest BCUT2D eigenvalue weighted by atomic mass is 16.6. The number of aryl methyl sites for hydroxylation is 1. The molecule has 2 aromatic carbocycles.